The Morgan fingerprint density at radius 1 is 1.19 bits per heavy atom. The third-order valence-electron chi connectivity index (χ3n) is 7.31. The predicted molar refractivity (Wildman–Crippen MR) is 140 cm³/mol. The molecule has 0 radical (unpaired) electrons. The number of nitrogens with zero attached hydrogens (tertiary/aromatic N) is 6. The fourth-order valence-electron chi connectivity index (χ4n) is 4.79. The van der Waals surface area contributed by atoms with Gasteiger partial charge in [0.1, 0.15) is 11.7 Å². The summed E-state index contributed by atoms with van der Waals surface area (Å²) in [5, 5.41) is 12.9. The second kappa shape index (κ2) is 11.7. The van der Waals surface area contributed by atoms with Gasteiger partial charge in [0.2, 0.25) is 0 Å². The molecule has 0 bridgehead atoms. The van der Waals surface area contributed by atoms with Crippen LogP contribution in [0.3, 0.4) is 0 Å². The van der Waals surface area contributed by atoms with Gasteiger partial charge in [-0.1, -0.05) is 13.8 Å². The number of imidazole rings is 1. The van der Waals surface area contributed by atoms with E-state index < -0.39 is 60.8 Å². The summed E-state index contributed by atoms with van der Waals surface area (Å²) in [6, 6.07) is -2.47. The van der Waals surface area contributed by atoms with Gasteiger partial charge in [-0.05, 0) is 32.4 Å². The van der Waals surface area contributed by atoms with Crippen molar-refractivity contribution in [1.82, 2.24) is 39.9 Å². The molecule has 3 aromatic heterocycles. The van der Waals surface area contributed by atoms with Crippen molar-refractivity contribution in [2.45, 2.75) is 70.6 Å². The van der Waals surface area contributed by atoms with E-state index in [2.05, 4.69) is 20.5 Å². The lowest BCUT2D eigenvalue weighted by atomic mass is 9.84. The van der Waals surface area contributed by atoms with E-state index >= 15 is 0 Å². The summed E-state index contributed by atoms with van der Waals surface area (Å²) in [7, 11) is 1.32. The van der Waals surface area contributed by atoms with Crippen LogP contribution < -0.4 is 10.6 Å². The second-order valence-corrected chi connectivity index (χ2v) is 11.3. The number of amides is 3. The Kier molecular flexibility index (Phi) is 8.68. The van der Waals surface area contributed by atoms with Crippen LogP contribution in [0.2, 0.25) is 0 Å². The first kappa shape index (κ1) is 32.0. The van der Waals surface area contributed by atoms with E-state index in [0.717, 1.165) is 18.7 Å². The summed E-state index contributed by atoms with van der Waals surface area (Å²) in [5.41, 5.74) is -1.57. The predicted octanol–water partition coefficient (Wildman–Crippen LogP) is 4.60. The Labute approximate surface area is 242 Å². The highest BCUT2D eigenvalue weighted by molar-refractivity contribution is 5.92. The molecule has 0 aromatic carbocycles. The summed E-state index contributed by atoms with van der Waals surface area (Å²) >= 11 is 0. The van der Waals surface area contributed by atoms with E-state index in [1.54, 1.807) is 13.8 Å². The first-order valence-electron chi connectivity index (χ1n) is 13.3. The van der Waals surface area contributed by atoms with Gasteiger partial charge in [0.25, 0.3) is 5.91 Å². The van der Waals surface area contributed by atoms with Gasteiger partial charge < -0.3 is 20.3 Å². The average Bonchev–Trinajstić information content (AvgIpc) is 3.63. The van der Waals surface area contributed by atoms with E-state index in [9.17, 15) is 35.9 Å². The van der Waals surface area contributed by atoms with Crippen LogP contribution in [0.1, 0.15) is 74.0 Å². The number of carbonyl (C=O) groups is 2. The van der Waals surface area contributed by atoms with E-state index in [0.29, 0.717) is 5.56 Å². The quantitative estimate of drug-likeness (QED) is 0.321. The molecule has 1 aliphatic rings. The van der Waals surface area contributed by atoms with E-state index in [1.165, 1.54) is 47.0 Å². The van der Waals surface area contributed by atoms with Crippen LogP contribution in [0.25, 0.3) is 5.65 Å². The minimum atomic E-state index is -4.65. The number of methoxy groups -OCH3 is 1. The number of halogens is 6. The van der Waals surface area contributed by atoms with Gasteiger partial charge in [-0.25, -0.2) is 14.3 Å². The summed E-state index contributed by atoms with van der Waals surface area (Å²) in [5.74, 6) is -0.653. The smallest absolute Gasteiger partial charge is 0.382 e. The molecule has 3 atom stereocenters. The maximum Gasteiger partial charge on any atom is 0.410 e. The zero-order chi connectivity index (χ0) is 31.9. The maximum atomic E-state index is 13.9. The molecule has 4 rings (SSSR count). The Bertz CT molecular complexity index is 1460. The fourth-order valence-corrected chi connectivity index (χ4v) is 4.79. The largest absolute Gasteiger partial charge is 0.410 e. The third-order valence-corrected chi connectivity index (χ3v) is 7.31. The SMILES string of the molecule is COC[C@H](c1cnn2cc([C@H](CC(C)(C)C(F)(F)F)NC(=O)c3ccnn3C(C)C)nc2c1)N1CC(C(F)(F)F)NC1=O. The summed E-state index contributed by atoms with van der Waals surface area (Å²) in [6.07, 6.45) is -5.73. The number of rotatable bonds is 10. The van der Waals surface area contributed by atoms with Crippen molar-refractivity contribution in [2.75, 3.05) is 20.3 Å². The maximum absolute atomic E-state index is 13.9. The van der Waals surface area contributed by atoms with Crippen molar-refractivity contribution in [3.63, 3.8) is 0 Å². The first-order valence-corrected chi connectivity index (χ1v) is 13.3. The van der Waals surface area contributed by atoms with E-state index in [-0.39, 0.29) is 29.7 Å². The lowest BCUT2D eigenvalue weighted by Crippen LogP contribution is -2.40. The van der Waals surface area contributed by atoms with E-state index in [4.69, 9.17) is 4.74 Å². The normalized spacial score (nSPS) is 17.9. The van der Waals surface area contributed by atoms with Gasteiger partial charge in [-0.2, -0.15) is 36.5 Å². The molecular formula is C26H32F6N8O3. The van der Waals surface area contributed by atoms with Crippen LogP contribution in [0, 0.1) is 5.41 Å². The number of alkyl halides is 6. The number of urea groups is 1. The average molecular weight is 619 g/mol. The second-order valence-electron chi connectivity index (χ2n) is 11.3. The van der Waals surface area contributed by atoms with Crippen LogP contribution in [0.15, 0.2) is 30.7 Å². The molecule has 0 aliphatic carbocycles. The van der Waals surface area contributed by atoms with Crippen LogP contribution in [0.5, 0.6) is 0 Å². The molecule has 0 saturated carbocycles. The summed E-state index contributed by atoms with van der Waals surface area (Å²) in [4.78, 5) is 31.1. The van der Waals surface area contributed by atoms with Crippen LogP contribution in [0.4, 0.5) is 31.1 Å². The molecule has 4 heterocycles. The molecule has 43 heavy (non-hydrogen) atoms. The van der Waals surface area contributed by atoms with Crippen molar-refractivity contribution in [3.8, 4) is 0 Å². The number of ether oxygens (including phenoxy) is 1. The van der Waals surface area contributed by atoms with Gasteiger partial charge in [-0.3, -0.25) is 9.48 Å². The minimum Gasteiger partial charge on any atom is -0.382 e. The molecule has 236 valence electrons. The number of carbonyl (C=O) groups excluding carboxylic acids is 2. The zero-order valence-electron chi connectivity index (χ0n) is 24.0. The Morgan fingerprint density at radius 2 is 1.88 bits per heavy atom. The molecule has 3 amide bonds. The third kappa shape index (κ3) is 6.70. The zero-order valence-corrected chi connectivity index (χ0v) is 24.0. The Balaban J connectivity index is 1.69. The van der Waals surface area contributed by atoms with Gasteiger partial charge in [0.05, 0.1) is 48.7 Å². The van der Waals surface area contributed by atoms with Gasteiger partial charge >= 0.3 is 18.4 Å². The summed E-state index contributed by atoms with van der Waals surface area (Å²) in [6.45, 7) is 4.81. The van der Waals surface area contributed by atoms with E-state index in [1.807, 2.05) is 5.32 Å². The molecule has 3 aromatic rings. The lowest BCUT2D eigenvalue weighted by molar-refractivity contribution is -0.215. The summed E-state index contributed by atoms with van der Waals surface area (Å²) < 4.78 is 89.4. The van der Waals surface area contributed by atoms with Gasteiger partial charge in [-0.15, -0.1) is 0 Å². The Morgan fingerprint density at radius 3 is 2.47 bits per heavy atom. The molecular weight excluding hydrogens is 586 g/mol. The number of fused-ring (bicyclic) bond motifs is 1. The standard InChI is InChI=1S/C26H32F6N8O3/c1-14(2)40-18(6-7-33-40)22(41)36-16(9-24(3,4)26(30,31)32)17-11-39-21(35-17)8-15(10-34-39)19(13-43-5)38-12-20(25(27,28)29)37-23(38)42/h6-8,10-11,14,16,19-20H,9,12-13H2,1-5H3,(H,36,41)(H,37,42)/t16-,19+,20?/m0/s1. The van der Waals surface area contributed by atoms with Gasteiger partial charge in [0.15, 0.2) is 5.65 Å². The molecule has 2 N–H and O–H groups in total. The lowest BCUT2D eigenvalue weighted by Gasteiger charge is -2.31. The highest BCUT2D eigenvalue weighted by atomic mass is 19.4. The Hall–Kier alpha value is -3.89. The van der Waals surface area contributed by atoms with Crippen LogP contribution >= 0.6 is 0 Å². The highest BCUT2D eigenvalue weighted by Crippen LogP contribution is 2.44. The first-order chi connectivity index (χ1) is 19.9. The number of nitrogens with one attached hydrogen (secondary N) is 2. The van der Waals surface area contributed by atoms with Crippen molar-refractivity contribution in [3.05, 3.63) is 47.7 Å². The topological polar surface area (TPSA) is 119 Å². The molecule has 11 nitrogen and oxygen atoms in total. The number of hydrogen-bond acceptors (Lipinski definition) is 6. The number of aromatic nitrogens is 5. The molecule has 1 saturated heterocycles. The van der Waals surface area contributed by atoms with Crippen molar-refractivity contribution in [2.24, 2.45) is 5.41 Å². The van der Waals surface area contributed by atoms with Crippen molar-refractivity contribution >= 4 is 17.6 Å². The van der Waals surface area contributed by atoms with Crippen LogP contribution in [-0.4, -0.2) is 79.9 Å². The van der Waals surface area contributed by atoms with Gasteiger partial charge in [0, 0.05) is 24.9 Å². The van der Waals surface area contributed by atoms with Crippen molar-refractivity contribution in [1.29, 1.82) is 0 Å². The molecule has 0 spiro atoms. The highest BCUT2D eigenvalue weighted by Gasteiger charge is 2.50. The monoisotopic (exact) mass is 618 g/mol. The minimum absolute atomic E-state index is 0.0743. The van der Waals surface area contributed by atoms with Crippen LogP contribution in [-0.2, 0) is 4.74 Å². The molecule has 1 aliphatic heterocycles. The number of hydrogen-bond donors (Lipinski definition) is 2. The van der Waals surface area contributed by atoms with Crippen molar-refractivity contribution < 1.29 is 40.7 Å². The molecule has 17 heteroatoms. The molecule has 1 fully saturated rings. The molecule has 1 unspecified atom stereocenters. The fraction of sp³-hybridized carbons (Fsp3) is 0.577.